The Balaban J connectivity index is 1.78. The fraction of sp³-hybridized carbons (Fsp3) is 0.286. The van der Waals surface area contributed by atoms with Gasteiger partial charge in [0.2, 0.25) is 0 Å². The zero-order valence-corrected chi connectivity index (χ0v) is 16.0. The van der Waals surface area contributed by atoms with E-state index >= 15 is 0 Å². The SMILES string of the molecule is CC(C)N(Cc1cccc(Cl)c1F)CC(O)C1=Cc2ccccc2ON=C1. The van der Waals surface area contributed by atoms with Gasteiger partial charge in [-0.25, -0.2) is 4.39 Å². The number of benzene rings is 2. The Kier molecular flexibility index (Phi) is 6.26. The number of para-hydroxylation sites is 1. The summed E-state index contributed by atoms with van der Waals surface area (Å²) in [6.07, 6.45) is 2.58. The lowest BCUT2D eigenvalue weighted by molar-refractivity contribution is 0.116. The minimum absolute atomic E-state index is 0.101. The third kappa shape index (κ3) is 4.75. The molecule has 142 valence electrons. The van der Waals surface area contributed by atoms with Gasteiger partial charge in [-0.15, -0.1) is 0 Å². The highest BCUT2D eigenvalue weighted by molar-refractivity contribution is 6.30. The van der Waals surface area contributed by atoms with E-state index < -0.39 is 11.9 Å². The fourth-order valence-electron chi connectivity index (χ4n) is 2.90. The molecule has 27 heavy (non-hydrogen) atoms. The number of aliphatic hydroxyl groups is 1. The first-order valence-electron chi connectivity index (χ1n) is 8.81. The first kappa shape index (κ1) is 19.5. The second kappa shape index (κ2) is 8.65. The van der Waals surface area contributed by atoms with Gasteiger partial charge in [-0.1, -0.05) is 47.1 Å². The van der Waals surface area contributed by atoms with Crippen molar-refractivity contribution < 1.29 is 14.3 Å². The predicted octanol–water partition coefficient (Wildman–Crippen LogP) is 4.51. The maximum Gasteiger partial charge on any atom is 0.165 e. The van der Waals surface area contributed by atoms with Crippen LogP contribution in [0.1, 0.15) is 25.0 Å². The summed E-state index contributed by atoms with van der Waals surface area (Å²) in [5.74, 6) is 0.217. The number of fused-ring (bicyclic) bond motifs is 1. The molecule has 0 spiro atoms. The minimum atomic E-state index is -0.798. The molecule has 1 heterocycles. The van der Waals surface area contributed by atoms with Crippen molar-refractivity contribution >= 4 is 23.9 Å². The smallest absolute Gasteiger partial charge is 0.165 e. The van der Waals surface area contributed by atoms with Crippen LogP contribution in [0.25, 0.3) is 6.08 Å². The van der Waals surface area contributed by atoms with E-state index in [1.807, 2.05) is 49.1 Å². The highest BCUT2D eigenvalue weighted by atomic mass is 35.5. The quantitative estimate of drug-likeness (QED) is 0.791. The monoisotopic (exact) mass is 388 g/mol. The lowest BCUT2D eigenvalue weighted by Crippen LogP contribution is -2.38. The van der Waals surface area contributed by atoms with Gasteiger partial charge in [0.15, 0.2) is 5.75 Å². The second-order valence-electron chi connectivity index (χ2n) is 6.76. The highest BCUT2D eigenvalue weighted by Crippen LogP contribution is 2.25. The third-order valence-corrected chi connectivity index (χ3v) is 4.81. The van der Waals surface area contributed by atoms with E-state index in [1.54, 1.807) is 12.1 Å². The molecule has 1 aliphatic rings. The normalized spacial score (nSPS) is 14.6. The Morgan fingerprint density at radius 3 is 2.74 bits per heavy atom. The van der Waals surface area contributed by atoms with Crippen LogP contribution in [-0.4, -0.2) is 34.9 Å². The molecule has 0 fully saturated rings. The van der Waals surface area contributed by atoms with Crippen LogP contribution in [0, 0.1) is 5.82 Å². The molecule has 3 rings (SSSR count). The first-order valence-corrected chi connectivity index (χ1v) is 9.19. The number of aliphatic hydroxyl groups excluding tert-OH is 1. The number of oxime groups is 1. The molecule has 1 unspecified atom stereocenters. The minimum Gasteiger partial charge on any atom is -0.387 e. The van der Waals surface area contributed by atoms with Crippen LogP contribution < -0.4 is 4.84 Å². The average Bonchev–Trinajstić information content (AvgIpc) is 2.87. The largest absolute Gasteiger partial charge is 0.387 e. The summed E-state index contributed by atoms with van der Waals surface area (Å²) >= 11 is 5.89. The zero-order chi connectivity index (χ0) is 19.4. The van der Waals surface area contributed by atoms with Crippen molar-refractivity contribution in [3.63, 3.8) is 0 Å². The molecule has 0 aromatic heterocycles. The van der Waals surface area contributed by atoms with Crippen molar-refractivity contribution in [1.82, 2.24) is 4.90 Å². The van der Waals surface area contributed by atoms with Crippen LogP contribution in [0.5, 0.6) is 5.75 Å². The molecule has 0 saturated carbocycles. The number of hydrogen-bond donors (Lipinski definition) is 1. The van der Waals surface area contributed by atoms with Gasteiger partial charge in [-0.05, 0) is 32.1 Å². The molecule has 0 radical (unpaired) electrons. The highest BCUT2D eigenvalue weighted by Gasteiger charge is 2.21. The zero-order valence-electron chi connectivity index (χ0n) is 15.3. The van der Waals surface area contributed by atoms with Gasteiger partial charge >= 0.3 is 0 Å². The van der Waals surface area contributed by atoms with Crippen molar-refractivity contribution in [2.75, 3.05) is 6.54 Å². The van der Waals surface area contributed by atoms with Crippen molar-refractivity contribution in [3.8, 4) is 5.75 Å². The second-order valence-corrected chi connectivity index (χ2v) is 7.17. The van der Waals surface area contributed by atoms with Crippen molar-refractivity contribution in [3.05, 3.63) is 70.0 Å². The van der Waals surface area contributed by atoms with E-state index in [9.17, 15) is 9.50 Å². The van der Waals surface area contributed by atoms with Gasteiger partial charge in [0, 0.05) is 35.8 Å². The van der Waals surface area contributed by atoms with Gasteiger partial charge in [0.05, 0.1) is 17.3 Å². The number of nitrogens with zero attached hydrogens (tertiary/aromatic N) is 2. The van der Waals surface area contributed by atoms with Gasteiger partial charge in [-0.3, -0.25) is 4.90 Å². The fourth-order valence-corrected chi connectivity index (χ4v) is 3.09. The van der Waals surface area contributed by atoms with Crippen molar-refractivity contribution in [1.29, 1.82) is 0 Å². The van der Waals surface area contributed by atoms with Crippen LogP contribution in [0.15, 0.2) is 53.2 Å². The maximum absolute atomic E-state index is 14.3. The third-order valence-electron chi connectivity index (χ3n) is 4.52. The summed E-state index contributed by atoms with van der Waals surface area (Å²) in [6.45, 7) is 4.68. The molecule has 2 aromatic carbocycles. The van der Waals surface area contributed by atoms with E-state index in [0.717, 1.165) is 5.56 Å². The van der Waals surface area contributed by atoms with Crippen molar-refractivity contribution in [2.45, 2.75) is 32.5 Å². The van der Waals surface area contributed by atoms with Crippen molar-refractivity contribution in [2.24, 2.45) is 5.16 Å². The maximum atomic E-state index is 14.3. The molecular weight excluding hydrogens is 367 g/mol. The molecule has 1 N–H and O–H groups in total. The lowest BCUT2D eigenvalue weighted by atomic mass is 10.0. The molecule has 0 amide bonds. The number of rotatable bonds is 6. The number of halogens is 2. The van der Waals surface area contributed by atoms with Crippen LogP contribution >= 0.6 is 11.6 Å². The molecule has 4 nitrogen and oxygen atoms in total. The number of hydrogen-bond acceptors (Lipinski definition) is 4. The summed E-state index contributed by atoms with van der Waals surface area (Å²) in [6, 6.07) is 12.5. The van der Waals surface area contributed by atoms with Gasteiger partial charge < -0.3 is 9.94 Å². The van der Waals surface area contributed by atoms with E-state index in [1.165, 1.54) is 12.3 Å². The topological polar surface area (TPSA) is 45.1 Å². The molecule has 0 aliphatic carbocycles. The Morgan fingerprint density at radius 2 is 1.96 bits per heavy atom. The first-order chi connectivity index (χ1) is 13.0. The van der Waals surface area contributed by atoms with Crippen LogP contribution in [0.4, 0.5) is 4.39 Å². The lowest BCUT2D eigenvalue weighted by Gasteiger charge is -2.29. The molecule has 6 heteroatoms. The van der Waals surface area contributed by atoms with Crippen LogP contribution in [0.2, 0.25) is 5.02 Å². The summed E-state index contributed by atoms with van der Waals surface area (Å²) in [5.41, 5.74) is 1.98. The van der Waals surface area contributed by atoms with Gasteiger partial charge in [0.1, 0.15) is 5.82 Å². The molecule has 0 bridgehead atoms. The Bertz CT molecular complexity index is 867. The summed E-state index contributed by atoms with van der Waals surface area (Å²) in [5, 5.41) is 14.8. The van der Waals surface area contributed by atoms with E-state index in [0.29, 0.717) is 30.0 Å². The Morgan fingerprint density at radius 1 is 1.19 bits per heavy atom. The van der Waals surface area contributed by atoms with E-state index in [2.05, 4.69) is 5.16 Å². The van der Waals surface area contributed by atoms with Crippen LogP contribution in [-0.2, 0) is 6.54 Å². The van der Waals surface area contributed by atoms with Gasteiger partial charge in [-0.2, -0.15) is 0 Å². The van der Waals surface area contributed by atoms with E-state index in [4.69, 9.17) is 16.4 Å². The summed E-state index contributed by atoms with van der Waals surface area (Å²) in [7, 11) is 0. The van der Waals surface area contributed by atoms with Crippen LogP contribution in [0.3, 0.4) is 0 Å². The summed E-state index contributed by atoms with van der Waals surface area (Å²) in [4.78, 5) is 7.33. The Hall–Kier alpha value is -2.21. The standard InChI is InChI=1S/C21H22ClFN2O2/c1-14(2)25(12-16-7-5-8-18(22)21(16)23)13-19(26)17-10-15-6-3-4-9-20(15)27-24-11-17/h3-11,14,19,26H,12-13H2,1-2H3. The Labute approximate surface area is 163 Å². The molecule has 1 atom stereocenters. The molecule has 1 aliphatic heterocycles. The molecule has 2 aromatic rings. The van der Waals surface area contributed by atoms with E-state index in [-0.39, 0.29) is 11.1 Å². The predicted molar refractivity (Wildman–Crippen MR) is 107 cm³/mol. The molecule has 0 saturated heterocycles. The summed E-state index contributed by atoms with van der Waals surface area (Å²) < 4.78 is 14.3. The molecular formula is C21H22ClFN2O2. The average molecular weight is 389 g/mol. The van der Waals surface area contributed by atoms with Gasteiger partial charge in [0.25, 0.3) is 0 Å².